The lowest BCUT2D eigenvalue weighted by Crippen LogP contribution is -2.33. The molecule has 0 N–H and O–H groups in total. The predicted octanol–water partition coefficient (Wildman–Crippen LogP) is 3.36. The van der Waals surface area contributed by atoms with Crippen LogP contribution in [0.15, 0.2) is 25.3 Å². The molecule has 0 aliphatic carbocycles. The van der Waals surface area contributed by atoms with Crippen molar-refractivity contribution < 1.29 is 4.43 Å². The van der Waals surface area contributed by atoms with Gasteiger partial charge in [0.25, 0.3) is 0 Å². The predicted molar refractivity (Wildman–Crippen MR) is 57.8 cm³/mol. The Bertz CT molecular complexity index is 152. The summed E-state index contributed by atoms with van der Waals surface area (Å²) in [6, 6.07) is 1.02. The minimum Gasteiger partial charge on any atom is -0.414 e. The second-order valence-electron chi connectivity index (χ2n) is 3.71. The Morgan fingerprint density at radius 1 is 1.33 bits per heavy atom. The number of hydrogen-bond acceptors (Lipinski definition) is 1. The molecule has 0 saturated carbocycles. The molecule has 0 aliphatic heterocycles. The fourth-order valence-corrected chi connectivity index (χ4v) is 3.20. The quantitative estimate of drug-likeness (QED) is 0.454. The van der Waals surface area contributed by atoms with Crippen molar-refractivity contribution in [3.05, 3.63) is 25.3 Å². The number of rotatable bonds is 6. The maximum Gasteiger partial charge on any atom is 0.190 e. The van der Waals surface area contributed by atoms with E-state index >= 15 is 0 Å². The van der Waals surface area contributed by atoms with E-state index in [2.05, 4.69) is 33.2 Å². The third-order valence-corrected chi connectivity index (χ3v) is 3.97. The zero-order chi connectivity index (χ0) is 9.61. The van der Waals surface area contributed by atoms with E-state index in [4.69, 9.17) is 4.43 Å². The Balaban J connectivity index is 3.85. The fourth-order valence-electron chi connectivity index (χ4n) is 1.22. The van der Waals surface area contributed by atoms with E-state index in [-0.39, 0.29) is 0 Å². The van der Waals surface area contributed by atoms with Crippen molar-refractivity contribution in [2.24, 2.45) is 0 Å². The van der Waals surface area contributed by atoms with Crippen LogP contribution in [-0.2, 0) is 4.43 Å². The van der Waals surface area contributed by atoms with Crippen LogP contribution in [0.3, 0.4) is 0 Å². The van der Waals surface area contributed by atoms with E-state index in [1.54, 1.807) is 0 Å². The van der Waals surface area contributed by atoms with E-state index in [0.29, 0.717) is 6.10 Å². The maximum atomic E-state index is 5.92. The third kappa shape index (κ3) is 5.33. The molecule has 0 aliphatic rings. The molecule has 0 radical (unpaired) electrons. The van der Waals surface area contributed by atoms with Crippen molar-refractivity contribution >= 4 is 8.32 Å². The normalized spacial score (nSPS) is 13.9. The highest BCUT2D eigenvalue weighted by Crippen LogP contribution is 2.15. The van der Waals surface area contributed by atoms with Gasteiger partial charge >= 0.3 is 0 Å². The first-order valence-electron chi connectivity index (χ1n) is 4.41. The third-order valence-electron chi connectivity index (χ3n) is 1.65. The Kier molecular flexibility index (Phi) is 5.18. The summed E-state index contributed by atoms with van der Waals surface area (Å²) < 4.78 is 5.92. The van der Waals surface area contributed by atoms with Gasteiger partial charge in [0.15, 0.2) is 8.32 Å². The Hall–Kier alpha value is -0.343. The first-order chi connectivity index (χ1) is 5.52. The minimum absolute atomic E-state index is 0.309. The zero-order valence-corrected chi connectivity index (χ0v) is 9.47. The molecule has 0 spiro atoms. The molecular weight excluding hydrogens is 164 g/mol. The van der Waals surface area contributed by atoms with Gasteiger partial charge in [-0.1, -0.05) is 12.2 Å². The van der Waals surface area contributed by atoms with Crippen molar-refractivity contribution in [3.63, 3.8) is 0 Å². The van der Waals surface area contributed by atoms with Crippen molar-refractivity contribution in [3.8, 4) is 0 Å². The summed E-state index contributed by atoms with van der Waals surface area (Å²) in [5.74, 6) is 0. The van der Waals surface area contributed by atoms with Crippen LogP contribution >= 0.6 is 0 Å². The van der Waals surface area contributed by atoms with E-state index in [0.717, 1.165) is 12.5 Å². The first kappa shape index (κ1) is 11.7. The highest BCUT2D eigenvalue weighted by Gasteiger charge is 2.22. The van der Waals surface area contributed by atoms with Crippen molar-refractivity contribution in [1.82, 2.24) is 0 Å². The molecule has 0 amide bonds. The molecule has 0 heterocycles. The van der Waals surface area contributed by atoms with Gasteiger partial charge in [0.2, 0.25) is 0 Å². The topological polar surface area (TPSA) is 9.23 Å². The van der Waals surface area contributed by atoms with Crippen molar-refractivity contribution in [2.45, 2.75) is 38.6 Å². The van der Waals surface area contributed by atoms with Crippen LogP contribution in [0.1, 0.15) is 13.3 Å². The molecule has 1 atom stereocenters. The molecule has 12 heavy (non-hydrogen) atoms. The average Bonchev–Trinajstić information content (AvgIpc) is 1.85. The monoisotopic (exact) mass is 184 g/mol. The Labute approximate surface area is 77.3 Å². The van der Waals surface area contributed by atoms with Gasteiger partial charge in [0.1, 0.15) is 0 Å². The molecule has 1 nitrogen and oxygen atoms in total. The van der Waals surface area contributed by atoms with Crippen LogP contribution in [0.2, 0.25) is 19.1 Å². The van der Waals surface area contributed by atoms with Gasteiger partial charge in [-0.3, -0.25) is 0 Å². The summed E-state index contributed by atoms with van der Waals surface area (Å²) in [4.78, 5) is 0. The first-order valence-corrected chi connectivity index (χ1v) is 7.53. The summed E-state index contributed by atoms with van der Waals surface area (Å²) in [6.45, 7) is 14.0. The van der Waals surface area contributed by atoms with E-state index in [1.807, 2.05) is 12.2 Å². The standard InChI is InChI=1S/C10H20OSi/c1-6-8-10(3)11-12(4,5)9-7-2/h6-7,10H,1-2,8-9H2,3-5H3. The molecule has 0 bridgehead atoms. The molecule has 0 saturated heterocycles. The second kappa shape index (κ2) is 5.33. The molecule has 1 unspecified atom stereocenters. The Morgan fingerprint density at radius 2 is 1.92 bits per heavy atom. The summed E-state index contributed by atoms with van der Waals surface area (Å²) >= 11 is 0. The van der Waals surface area contributed by atoms with Gasteiger partial charge in [-0.15, -0.1) is 13.2 Å². The smallest absolute Gasteiger partial charge is 0.190 e. The van der Waals surface area contributed by atoms with E-state index in [1.165, 1.54) is 0 Å². The van der Waals surface area contributed by atoms with Crippen LogP contribution in [0, 0.1) is 0 Å². The van der Waals surface area contributed by atoms with Crippen LogP contribution in [-0.4, -0.2) is 14.4 Å². The summed E-state index contributed by atoms with van der Waals surface area (Å²) in [6.07, 6.45) is 5.10. The number of hydrogen-bond donors (Lipinski definition) is 0. The van der Waals surface area contributed by atoms with Crippen LogP contribution in [0.5, 0.6) is 0 Å². The SMILES string of the molecule is C=CCC(C)O[Si](C)(C)CC=C. The molecule has 0 aromatic carbocycles. The molecule has 0 aromatic heterocycles. The average molecular weight is 184 g/mol. The maximum absolute atomic E-state index is 5.92. The van der Waals surface area contributed by atoms with Crippen LogP contribution in [0.25, 0.3) is 0 Å². The summed E-state index contributed by atoms with van der Waals surface area (Å²) in [5, 5.41) is 0. The molecule has 0 aromatic rings. The lowest BCUT2D eigenvalue weighted by molar-refractivity contribution is 0.216. The highest BCUT2D eigenvalue weighted by atomic mass is 28.4. The summed E-state index contributed by atoms with van der Waals surface area (Å²) in [5.41, 5.74) is 0. The van der Waals surface area contributed by atoms with Gasteiger partial charge in [-0.25, -0.2) is 0 Å². The lowest BCUT2D eigenvalue weighted by atomic mass is 10.3. The highest BCUT2D eigenvalue weighted by molar-refractivity contribution is 6.71. The van der Waals surface area contributed by atoms with E-state index in [9.17, 15) is 0 Å². The second-order valence-corrected chi connectivity index (χ2v) is 7.87. The largest absolute Gasteiger partial charge is 0.414 e. The number of allylic oxidation sites excluding steroid dienone is 1. The molecule has 0 rings (SSSR count). The van der Waals surface area contributed by atoms with Crippen LogP contribution < -0.4 is 0 Å². The van der Waals surface area contributed by atoms with Crippen LogP contribution in [0.4, 0.5) is 0 Å². The molecular formula is C10H20OSi. The van der Waals surface area contributed by atoms with Gasteiger partial charge in [0, 0.05) is 6.10 Å². The minimum atomic E-state index is -1.47. The molecule has 70 valence electrons. The zero-order valence-electron chi connectivity index (χ0n) is 8.47. The Morgan fingerprint density at radius 3 is 2.33 bits per heavy atom. The van der Waals surface area contributed by atoms with Gasteiger partial charge in [-0.2, -0.15) is 0 Å². The van der Waals surface area contributed by atoms with Crippen molar-refractivity contribution in [2.75, 3.05) is 0 Å². The lowest BCUT2D eigenvalue weighted by Gasteiger charge is -2.25. The van der Waals surface area contributed by atoms with Gasteiger partial charge < -0.3 is 4.43 Å². The van der Waals surface area contributed by atoms with Crippen molar-refractivity contribution in [1.29, 1.82) is 0 Å². The van der Waals surface area contributed by atoms with Gasteiger partial charge in [-0.05, 0) is 32.5 Å². The van der Waals surface area contributed by atoms with Gasteiger partial charge in [0.05, 0.1) is 0 Å². The summed E-state index contributed by atoms with van der Waals surface area (Å²) in [7, 11) is -1.47. The molecule has 0 fully saturated rings. The molecule has 2 heteroatoms. The van der Waals surface area contributed by atoms with E-state index < -0.39 is 8.32 Å². The fraction of sp³-hybridized carbons (Fsp3) is 0.600.